The Morgan fingerprint density at radius 3 is 2.79 bits per heavy atom. The molecule has 0 bridgehead atoms. The number of nitrogens with one attached hydrogen (secondary N) is 1. The van der Waals surface area contributed by atoms with Crippen LogP contribution in [0, 0.1) is 0 Å². The maximum Gasteiger partial charge on any atom is 0.407 e. The van der Waals surface area contributed by atoms with Crippen LogP contribution in [0.25, 0.3) is 10.9 Å². The van der Waals surface area contributed by atoms with Crippen LogP contribution in [0.3, 0.4) is 0 Å². The van der Waals surface area contributed by atoms with E-state index in [9.17, 15) is 4.79 Å². The van der Waals surface area contributed by atoms with Gasteiger partial charge in [0.25, 0.3) is 0 Å². The van der Waals surface area contributed by atoms with E-state index in [0.29, 0.717) is 13.2 Å². The molecule has 0 aliphatic carbocycles. The number of benzene rings is 1. The van der Waals surface area contributed by atoms with E-state index in [1.165, 1.54) is 0 Å². The molecule has 1 aromatic carbocycles. The lowest BCUT2D eigenvalue weighted by atomic mass is 10.1. The van der Waals surface area contributed by atoms with Crippen molar-refractivity contribution in [2.75, 3.05) is 20.3 Å². The number of hydrogen-bond donors (Lipinski definition) is 1. The number of nitrogens with zero attached hydrogens (tertiary/aromatic N) is 1. The van der Waals surface area contributed by atoms with Crippen LogP contribution in [0.15, 0.2) is 30.5 Å². The SMILES string of the molecule is COc1ccc2nccc(OC[C@@H]3CC[C@@H](NC(=O)OC(C)(C)C)CO3)c2c1. The van der Waals surface area contributed by atoms with Crippen molar-refractivity contribution in [1.82, 2.24) is 10.3 Å². The minimum Gasteiger partial charge on any atom is -0.497 e. The Hall–Kier alpha value is -2.54. The number of carbonyl (C=O) groups excluding carboxylic acids is 1. The first-order valence-electron chi connectivity index (χ1n) is 9.51. The molecule has 2 aromatic rings. The van der Waals surface area contributed by atoms with Crippen molar-refractivity contribution in [3.63, 3.8) is 0 Å². The number of hydrogen-bond acceptors (Lipinski definition) is 6. The number of alkyl carbamates (subject to hydrolysis) is 1. The number of ether oxygens (including phenoxy) is 4. The minimum atomic E-state index is -0.508. The van der Waals surface area contributed by atoms with Crippen LogP contribution in [0.5, 0.6) is 11.5 Å². The molecule has 1 N–H and O–H groups in total. The highest BCUT2D eigenvalue weighted by molar-refractivity contribution is 5.86. The van der Waals surface area contributed by atoms with Crippen LogP contribution in [0.2, 0.25) is 0 Å². The molecule has 1 aliphatic heterocycles. The molecule has 7 nitrogen and oxygen atoms in total. The van der Waals surface area contributed by atoms with Gasteiger partial charge >= 0.3 is 6.09 Å². The number of pyridine rings is 1. The molecule has 152 valence electrons. The third-order valence-corrected chi connectivity index (χ3v) is 4.42. The molecule has 1 saturated heterocycles. The van der Waals surface area contributed by atoms with Crippen LogP contribution in [0.4, 0.5) is 4.79 Å². The molecule has 0 unspecified atom stereocenters. The molecule has 1 aliphatic rings. The third kappa shape index (κ3) is 5.48. The summed E-state index contributed by atoms with van der Waals surface area (Å²) in [4.78, 5) is 16.2. The van der Waals surface area contributed by atoms with Crippen molar-refractivity contribution in [3.8, 4) is 11.5 Å². The smallest absolute Gasteiger partial charge is 0.407 e. The molecular weight excluding hydrogens is 360 g/mol. The monoisotopic (exact) mass is 388 g/mol. The summed E-state index contributed by atoms with van der Waals surface area (Å²) in [5.74, 6) is 1.51. The Kier molecular flexibility index (Phi) is 6.24. The maximum absolute atomic E-state index is 11.9. The summed E-state index contributed by atoms with van der Waals surface area (Å²) in [6, 6.07) is 7.50. The first kappa shape index (κ1) is 20.2. The summed E-state index contributed by atoms with van der Waals surface area (Å²) >= 11 is 0. The van der Waals surface area contributed by atoms with E-state index in [1.54, 1.807) is 13.3 Å². The number of aromatic nitrogens is 1. The number of amides is 1. The highest BCUT2D eigenvalue weighted by Gasteiger charge is 2.25. The zero-order valence-corrected chi connectivity index (χ0v) is 16.9. The Morgan fingerprint density at radius 1 is 1.29 bits per heavy atom. The average molecular weight is 388 g/mol. The Morgan fingerprint density at radius 2 is 2.11 bits per heavy atom. The summed E-state index contributed by atoms with van der Waals surface area (Å²) in [6.45, 7) is 6.41. The predicted octanol–water partition coefficient (Wildman–Crippen LogP) is 3.69. The number of carbonyl (C=O) groups is 1. The van der Waals surface area contributed by atoms with E-state index in [2.05, 4.69) is 10.3 Å². The lowest BCUT2D eigenvalue weighted by Gasteiger charge is -2.30. The first-order chi connectivity index (χ1) is 13.3. The molecule has 1 fully saturated rings. The zero-order chi connectivity index (χ0) is 20.1. The topological polar surface area (TPSA) is 78.9 Å². The summed E-state index contributed by atoms with van der Waals surface area (Å²) in [5, 5.41) is 3.76. The molecule has 2 atom stereocenters. The number of methoxy groups -OCH3 is 1. The second-order valence-corrected chi connectivity index (χ2v) is 7.88. The average Bonchev–Trinajstić information content (AvgIpc) is 2.65. The van der Waals surface area contributed by atoms with Crippen LogP contribution in [-0.4, -0.2) is 49.1 Å². The van der Waals surface area contributed by atoms with Crippen LogP contribution in [0.1, 0.15) is 33.6 Å². The first-order valence-corrected chi connectivity index (χ1v) is 9.51. The van der Waals surface area contributed by atoms with Gasteiger partial charge in [0.1, 0.15) is 23.7 Å². The maximum atomic E-state index is 11.9. The van der Waals surface area contributed by atoms with Gasteiger partial charge in [0.15, 0.2) is 0 Å². The summed E-state index contributed by atoms with van der Waals surface area (Å²) in [5.41, 5.74) is 0.343. The third-order valence-electron chi connectivity index (χ3n) is 4.42. The molecule has 1 aromatic heterocycles. The van der Waals surface area contributed by atoms with E-state index in [-0.39, 0.29) is 12.1 Å². The fourth-order valence-electron chi connectivity index (χ4n) is 3.06. The molecule has 2 heterocycles. The summed E-state index contributed by atoms with van der Waals surface area (Å²) in [7, 11) is 1.63. The van der Waals surface area contributed by atoms with E-state index < -0.39 is 11.7 Å². The van der Waals surface area contributed by atoms with Gasteiger partial charge in [0, 0.05) is 11.6 Å². The van der Waals surface area contributed by atoms with Gasteiger partial charge in [-0.1, -0.05) is 0 Å². The van der Waals surface area contributed by atoms with Crippen molar-refractivity contribution in [1.29, 1.82) is 0 Å². The predicted molar refractivity (Wildman–Crippen MR) is 106 cm³/mol. The number of fused-ring (bicyclic) bond motifs is 1. The van der Waals surface area contributed by atoms with Crippen LogP contribution < -0.4 is 14.8 Å². The van der Waals surface area contributed by atoms with Gasteiger partial charge in [0.2, 0.25) is 0 Å². The summed E-state index contributed by atoms with van der Waals surface area (Å²) in [6.07, 6.45) is 2.91. The van der Waals surface area contributed by atoms with Crippen molar-refractivity contribution in [3.05, 3.63) is 30.5 Å². The van der Waals surface area contributed by atoms with Crippen LogP contribution in [-0.2, 0) is 9.47 Å². The fourth-order valence-corrected chi connectivity index (χ4v) is 3.06. The molecule has 0 spiro atoms. The largest absolute Gasteiger partial charge is 0.497 e. The Bertz CT molecular complexity index is 810. The molecular formula is C21H28N2O5. The van der Waals surface area contributed by atoms with Crippen molar-refractivity contribution >= 4 is 17.0 Å². The van der Waals surface area contributed by atoms with E-state index in [1.807, 2.05) is 45.0 Å². The summed E-state index contributed by atoms with van der Waals surface area (Å²) < 4.78 is 22.5. The molecule has 7 heteroatoms. The second kappa shape index (κ2) is 8.65. The van der Waals surface area contributed by atoms with Gasteiger partial charge in [-0.25, -0.2) is 4.79 Å². The Balaban J connectivity index is 1.51. The second-order valence-electron chi connectivity index (χ2n) is 7.88. The van der Waals surface area contributed by atoms with Crippen molar-refractivity contribution in [2.45, 2.75) is 51.4 Å². The minimum absolute atomic E-state index is 0.0227. The Labute approximate surface area is 165 Å². The van der Waals surface area contributed by atoms with E-state index in [4.69, 9.17) is 18.9 Å². The molecule has 3 rings (SSSR count). The molecule has 0 radical (unpaired) electrons. The fraction of sp³-hybridized carbons (Fsp3) is 0.524. The highest BCUT2D eigenvalue weighted by Crippen LogP contribution is 2.28. The van der Waals surface area contributed by atoms with Gasteiger partial charge in [-0.05, 0) is 57.9 Å². The van der Waals surface area contributed by atoms with Gasteiger partial charge < -0.3 is 24.3 Å². The van der Waals surface area contributed by atoms with Gasteiger partial charge in [0.05, 0.1) is 31.4 Å². The lowest BCUT2D eigenvalue weighted by molar-refractivity contribution is -0.0283. The standard InChI is InChI=1S/C21H28N2O5/c1-21(2,3)28-20(24)23-14-5-6-16(26-12-14)13-27-19-9-10-22-18-8-7-15(25-4)11-17(18)19/h7-11,14,16H,5-6,12-13H2,1-4H3,(H,23,24)/t14-,16+/m1/s1. The van der Waals surface area contributed by atoms with Gasteiger partial charge in [-0.3, -0.25) is 4.98 Å². The molecule has 28 heavy (non-hydrogen) atoms. The van der Waals surface area contributed by atoms with E-state index >= 15 is 0 Å². The normalized spacial score (nSPS) is 19.9. The quantitative estimate of drug-likeness (QED) is 0.841. The van der Waals surface area contributed by atoms with Crippen molar-refractivity contribution in [2.24, 2.45) is 0 Å². The highest BCUT2D eigenvalue weighted by atomic mass is 16.6. The van der Waals surface area contributed by atoms with Gasteiger partial charge in [-0.15, -0.1) is 0 Å². The molecule has 0 saturated carbocycles. The van der Waals surface area contributed by atoms with Crippen molar-refractivity contribution < 1.29 is 23.7 Å². The van der Waals surface area contributed by atoms with Crippen LogP contribution >= 0.6 is 0 Å². The lowest BCUT2D eigenvalue weighted by Crippen LogP contribution is -2.45. The van der Waals surface area contributed by atoms with E-state index in [0.717, 1.165) is 35.2 Å². The number of rotatable bonds is 5. The zero-order valence-electron chi connectivity index (χ0n) is 16.9. The molecule has 1 amide bonds. The van der Waals surface area contributed by atoms with Gasteiger partial charge in [-0.2, -0.15) is 0 Å².